The van der Waals surface area contributed by atoms with Gasteiger partial charge < -0.3 is 9.47 Å². The Labute approximate surface area is 188 Å². The van der Waals surface area contributed by atoms with Gasteiger partial charge >= 0.3 is 0 Å². The first kappa shape index (κ1) is 22.9. The van der Waals surface area contributed by atoms with Crippen LogP contribution in [-0.2, 0) is 6.61 Å². The van der Waals surface area contributed by atoms with Crippen LogP contribution in [0.4, 0.5) is 0 Å². The average Bonchev–Trinajstić information content (AvgIpc) is 3.17. The number of nitrogens with zero attached hydrogens (tertiary/aromatic N) is 4. The van der Waals surface area contributed by atoms with E-state index in [1.54, 1.807) is 10.9 Å². The van der Waals surface area contributed by atoms with Crippen LogP contribution in [0.2, 0.25) is 0 Å². The molecule has 164 valence electrons. The zero-order chi connectivity index (χ0) is 22.4. The number of rotatable bonds is 9. The summed E-state index contributed by atoms with van der Waals surface area (Å²) in [5.74, 6) is 2.48. The van der Waals surface area contributed by atoms with E-state index in [1.807, 2.05) is 31.4 Å². The molecule has 6 nitrogen and oxygen atoms in total. The van der Waals surface area contributed by atoms with Crippen molar-refractivity contribution in [2.45, 2.75) is 52.3 Å². The van der Waals surface area contributed by atoms with Gasteiger partial charge in [-0.15, -0.1) is 10.2 Å². The van der Waals surface area contributed by atoms with Gasteiger partial charge in [0.05, 0.1) is 12.8 Å². The fourth-order valence-corrected chi connectivity index (χ4v) is 3.54. The summed E-state index contributed by atoms with van der Waals surface area (Å²) in [5, 5.41) is 13.9. The van der Waals surface area contributed by atoms with E-state index in [2.05, 4.69) is 61.2 Å². The summed E-state index contributed by atoms with van der Waals surface area (Å²) < 4.78 is 13.7. The van der Waals surface area contributed by atoms with Crippen LogP contribution in [-0.4, -0.2) is 34.0 Å². The van der Waals surface area contributed by atoms with E-state index in [4.69, 9.17) is 9.47 Å². The van der Waals surface area contributed by atoms with E-state index in [-0.39, 0.29) is 5.92 Å². The SMILES string of the molecule is CCOc1cc(/C=N\n2c(SC)nnc2C(C)C)ccc1OCc1cc(C)ccc1C. The van der Waals surface area contributed by atoms with Crippen LogP contribution in [0.1, 0.15) is 54.8 Å². The summed E-state index contributed by atoms with van der Waals surface area (Å²) in [5.41, 5.74) is 4.52. The van der Waals surface area contributed by atoms with Crippen LogP contribution in [0.15, 0.2) is 46.7 Å². The standard InChI is InChI=1S/C24H30N4O2S/c1-7-29-22-13-19(14-25-28-23(16(2)3)26-27-24(28)31-6)10-11-21(22)30-15-20-12-17(4)8-9-18(20)5/h8-14,16H,7,15H2,1-6H3/b25-14-. The molecule has 31 heavy (non-hydrogen) atoms. The average molecular weight is 439 g/mol. The van der Waals surface area contributed by atoms with Crippen LogP contribution in [0.25, 0.3) is 0 Å². The van der Waals surface area contributed by atoms with Crippen molar-refractivity contribution in [1.29, 1.82) is 0 Å². The summed E-state index contributed by atoms with van der Waals surface area (Å²) in [6.07, 6.45) is 3.77. The Morgan fingerprint density at radius 2 is 1.87 bits per heavy atom. The van der Waals surface area contributed by atoms with E-state index >= 15 is 0 Å². The number of benzene rings is 2. The minimum atomic E-state index is 0.227. The van der Waals surface area contributed by atoms with Crippen LogP contribution in [0, 0.1) is 13.8 Å². The minimum absolute atomic E-state index is 0.227. The molecule has 0 fully saturated rings. The highest BCUT2D eigenvalue weighted by molar-refractivity contribution is 7.98. The van der Waals surface area contributed by atoms with Crippen molar-refractivity contribution in [2.75, 3.05) is 12.9 Å². The largest absolute Gasteiger partial charge is 0.490 e. The van der Waals surface area contributed by atoms with Crippen LogP contribution < -0.4 is 9.47 Å². The van der Waals surface area contributed by atoms with Crippen molar-refractivity contribution < 1.29 is 9.47 Å². The number of aromatic nitrogens is 3. The van der Waals surface area contributed by atoms with Gasteiger partial charge in [-0.1, -0.05) is 49.4 Å². The fourth-order valence-electron chi connectivity index (χ4n) is 3.10. The third-order valence-corrected chi connectivity index (χ3v) is 5.43. The first-order chi connectivity index (χ1) is 14.9. The topological polar surface area (TPSA) is 61.5 Å². The predicted molar refractivity (Wildman–Crippen MR) is 127 cm³/mol. The molecule has 1 heterocycles. The minimum Gasteiger partial charge on any atom is -0.490 e. The molecule has 0 bridgehead atoms. The molecule has 0 N–H and O–H groups in total. The van der Waals surface area contributed by atoms with Crippen molar-refractivity contribution in [3.63, 3.8) is 0 Å². The quantitative estimate of drug-likeness (QED) is 0.321. The van der Waals surface area contributed by atoms with Gasteiger partial charge in [0.25, 0.3) is 0 Å². The summed E-state index contributed by atoms with van der Waals surface area (Å²) in [6.45, 7) is 11.4. The molecule has 0 saturated heterocycles. The smallest absolute Gasteiger partial charge is 0.211 e. The van der Waals surface area contributed by atoms with Gasteiger partial charge in [-0.05, 0) is 61.9 Å². The van der Waals surface area contributed by atoms with Crippen LogP contribution in [0.3, 0.4) is 0 Å². The molecule has 3 aromatic rings. The maximum Gasteiger partial charge on any atom is 0.211 e. The monoisotopic (exact) mass is 438 g/mol. The first-order valence-corrected chi connectivity index (χ1v) is 11.6. The fraction of sp³-hybridized carbons (Fsp3) is 0.375. The lowest BCUT2D eigenvalue weighted by molar-refractivity contribution is 0.269. The van der Waals surface area contributed by atoms with Gasteiger partial charge in [-0.3, -0.25) is 0 Å². The second-order valence-corrected chi connectivity index (χ2v) is 8.39. The van der Waals surface area contributed by atoms with E-state index in [1.165, 1.54) is 28.5 Å². The Kier molecular flexibility index (Phi) is 7.74. The molecule has 7 heteroatoms. The Morgan fingerprint density at radius 3 is 2.58 bits per heavy atom. The molecule has 3 rings (SSSR count). The molecular formula is C24H30N4O2S. The molecule has 0 aliphatic heterocycles. The molecule has 1 aromatic heterocycles. The van der Waals surface area contributed by atoms with E-state index in [9.17, 15) is 0 Å². The van der Waals surface area contributed by atoms with Gasteiger partial charge in [-0.2, -0.15) is 9.78 Å². The third-order valence-electron chi connectivity index (χ3n) is 4.81. The molecule has 0 spiro atoms. The summed E-state index contributed by atoms with van der Waals surface area (Å²) in [4.78, 5) is 0. The van der Waals surface area contributed by atoms with Crippen molar-refractivity contribution in [3.05, 3.63) is 64.5 Å². The zero-order valence-electron chi connectivity index (χ0n) is 19.0. The molecular weight excluding hydrogens is 408 g/mol. The van der Waals surface area contributed by atoms with E-state index < -0.39 is 0 Å². The van der Waals surface area contributed by atoms with E-state index in [0.717, 1.165) is 22.3 Å². The van der Waals surface area contributed by atoms with Crippen molar-refractivity contribution >= 4 is 18.0 Å². The van der Waals surface area contributed by atoms with Crippen molar-refractivity contribution in [3.8, 4) is 11.5 Å². The zero-order valence-corrected chi connectivity index (χ0v) is 19.9. The Bertz CT molecular complexity index is 1060. The molecule has 0 radical (unpaired) electrons. The highest BCUT2D eigenvalue weighted by Crippen LogP contribution is 2.29. The predicted octanol–water partition coefficient (Wildman–Crippen LogP) is 5.60. The molecule has 0 atom stereocenters. The lowest BCUT2D eigenvalue weighted by Gasteiger charge is -2.14. The summed E-state index contributed by atoms with van der Waals surface area (Å²) >= 11 is 1.52. The molecule has 0 unspecified atom stereocenters. The van der Waals surface area contributed by atoms with Gasteiger partial charge in [0.2, 0.25) is 5.16 Å². The van der Waals surface area contributed by atoms with Gasteiger partial charge in [0.1, 0.15) is 6.61 Å². The molecule has 0 saturated carbocycles. The second-order valence-electron chi connectivity index (χ2n) is 7.61. The number of aryl methyl sites for hydroxylation is 2. The highest BCUT2D eigenvalue weighted by atomic mass is 32.2. The Balaban J connectivity index is 1.83. The Morgan fingerprint density at radius 1 is 1.06 bits per heavy atom. The summed E-state index contributed by atoms with van der Waals surface area (Å²) in [6, 6.07) is 12.2. The lowest BCUT2D eigenvalue weighted by atomic mass is 10.1. The van der Waals surface area contributed by atoms with Crippen LogP contribution in [0.5, 0.6) is 11.5 Å². The number of hydrogen-bond acceptors (Lipinski definition) is 6. The number of thioether (sulfide) groups is 1. The number of ether oxygens (including phenoxy) is 2. The molecule has 0 aliphatic carbocycles. The van der Waals surface area contributed by atoms with Crippen LogP contribution >= 0.6 is 11.8 Å². The first-order valence-electron chi connectivity index (χ1n) is 10.4. The maximum atomic E-state index is 6.11. The maximum absolute atomic E-state index is 6.11. The van der Waals surface area contributed by atoms with Crippen molar-refractivity contribution in [2.24, 2.45) is 5.10 Å². The molecule has 0 aliphatic rings. The number of hydrogen-bond donors (Lipinski definition) is 0. The van der Waals surface area contributed by atoms with Gasteiger partial charge in [-0.25, -0.2) is 0 Å². The second kappa shape index (κ2) is 10.5. The molecule has 2 aromatic carbocycles. The van der Waals surface area contributed by atoms with Crippen molar-refractivity contribution in [1.82, 2.24) is 14.9 Å². The Hall–Kier alpha value is -2.80. The van der Waals surface area contributed by atoms with Gasteiger partial charge in [0, 0.05) is 5.92 Å². The highest BCUT2D eigenvalue weighted by Gasteiger charge is 2.14. The van der Waals surface area contributed by atoms with Gasteiger partial charge in [0.15, 0.2) is 17.3 Å². The normalized spacial score (nSPS) is 11.5. The third kappa shape index (κ3) is 5.67. The summed E-state index contributed by atoms with van der Waals surface area (Å²) in [7, 11) is 0. The molecule has 0 amide bonds. The van der Waals surface area contributed by atoms with E-state index in [0.29, 0.717) is 19.0 Å². The lowest BCUT2D eigenvalue weighted by Crippen LogP contribution is -2.03.